The molecule has 0 radical (unpaired) electrons. The van der Waals surface area contributed by atoms with Gasteiger partial charge in [0.1, 0.15) is 0 Å². The Morgan fingerprint density at radius 2 is 1.64 bits per heavy atom. The molecule has 68 valence electrons. The molecule has 0 heterocycles. The molecule has 0 aliphatic heterocycles. The van der Waals surface area contributed by atoms with Gasteiger partial charge in [-0.3, -0.25) is 0 Å². The fourth-order valence-electron chi connectivity index (χ4n) is 0.739. The first-order valence-electron chi connectivity index (χ1n) is 3.69. The van der Waals surface area contributed by atoms with Gasteiger partial charge in [0.05, 0.1) is 6.23 Å². The number of rotatable bonds is 4. The zero-order valence-electron chi connectivity index (χ0n) is 7.97. The molecule has 5 heteroatoms. The minimum absolute atomic E-state index is 0.160. The number of hydrogen-bond acceptors (Lipinski definition) is 3. The molecule has 0 unspecified atom stereocenters. The van der Waals surface area contributed by atoms with Gasteiger partial charge in [0, 0.05) is 7.11 Å². The Bertz CT molecular complexity index is 111. The third-order valence-corrected chi connectivity index (χ3v) is 7.32. The van der Waals surface area contributed by atoms with E-state index < -0.39 is 16.9 Å². The molecular weight excluding hydrogens is 176 g/mol. The van der Waals surface area contributed by atoms with Gasteiger partial charge in [-0.25, -0.2) is 0 Å². The first kappa shape index (κ1) is 11.3. The average Bonchev–Trinajstić information content (AvgIpc) is 1.86. The highest BCUT2D eigenvalue weighted by Crippen LogP contribution is 2.13. The summed E-state index contributed by atoms with van der Waals surface area (Å²) in [6, 6.07) is 0. The van der Waals surface area contributed by atoms with Crippen LogP contribution in [-0.2, 0) is 8.54 Å². The van der Waals surface area contributed by atoms with Gasteiger partial charge in [-0.1, -0.05) is 0 Å². The van der Waals surface area contributed by atoms with Gasteiger partial charge in [0.15, 0.2) is 0 Å². The molecule has 0 aromatic heterocycles. The smallest absolute Gasteiger partial charge is 0.321 e. The van der Waals surface area contributed by atoms with E-state index in [4.69, 9.17) is 13.6 Å². The van der Waals surface area contributed by atoms with Crippen LogP contribution < -0.4 is 0 Å². The lowest BCUT2D eigenvalue weighted by Gasteiger charge is -2.30. The van der Waals surface area contributed by atoms with Crippen molar-refractivity contribution in [1.82, 2.24) is 0 Å². The Morgan fingerprint density at radius 1 is 1.18 bits per heavy atom. The summed E-state index contributed by atoms with van der Waals surface area (Å²) >= 11 is 0. The highest BCUT2D eigenvalue weighted by atomic mass is 28.4. The van der Waals surface area contributed by atoms with Crippen LogP contribution in [0.3, 0.4) is 0 Å². The second-order valence-electron chi connectivity index (χ2n) is 3.62. The van der Waals surface area contributed by atoms with Crippen molar-refractivity contribution in [2.24, 2.45) is 0 Å². The van der Waals surface area contributed by atoms with Crippen molar-refractivity contribution < 1.29 is 13.6 Å². The largest absolute Gasteiger partial charge is 0.434 e. The molecule has 11 heavy (non-hydrogen) atoms. The monoisotopic (exact) mass is 194 g/mol. The fraction of sp³-hybridized carbons (Fsp3) is 1.00. The van der Waals surface area contributed by atoms with E-state index in [0.717, 1.165) is 0 Å². The third-order valence-electron chi connectivity index (χ3n) is 1.39. The summed E-state index contributed by atoms with van der Waals surface area (Å²) in [6.07, 6.45) is 0.160. The van der Waals surface area contributed by atoms with Crippen molar-refractivity contribution in [3.63, 3.8) is 0 Å². The van der Waals surface area contributed by atoms with E-state index in [9.17, 15) is 0 Å². The summed E-state index contributed by atoms with van der Waals surface area (Å²) in [5.41, 5.74) is 0. The summed E-state index contributed by atoms with van der Waals surface area (Å²) in [5.74, 6) is 0. The molecule has 0 fully saturated rings. The van der Waals surface area contributed by atoms with Crippen LogP contribution in [0.25, 0.3) is 0 Å². The highest BCUT2D eigenvalue weighted by Gasteiger charge is 2.33. The van der Waals surface area contributed by atoms with Crippen molar-refractivity contribution in [3.8, 4) is 0 Å². The van der Waals surface area contributed by atoms with E-state index in [1.54, 1.807) is 7.11 Å². The average molecular weight is 194 g/mol. The molecule has 0 rings (SSSR count). The molecule has 0 saturated heterocycles. The van der Waals surface area contributed by atoms with Crippen LogP contribution in [0.2, 0.25) is 26.2 Å². The van der Waals surface area contributed by atoms with Crippen LogP contribution >= 0.6 is 0 Å². The van der Waals surface area contributed by atoms with Gasteiger partial charge < -0.3 is 13.6 Å². The Hall–Kier alpha value is 0.314. The van der Waals surface area contributed by atoms with Crippen molar-refractivity contribution in [1.29, 1.82) is 0 Å². The van der Waals surface area contributed by atoms with E-state index >= 15 is 0 Å². The highest BCUT2D eigenvalue weighted by molar-refractivity contribution is 6.82. The van der Waals surface area contributed by atoms with Crippen LogP contribution in [0, 0.1) is 0 Å². The van der Waals surface area contributed by atoms with Gasteiger partial charge in [-0.2, -0.15) is 0 Å². The van der Waals surface area contributed by atoms with Crippen LogP contribution in [-0.4, -0.2) is 35.3 Å². The van der Waals surface area contributed by atoms with Crippen LogP contribution in [0.5, 0.6) is 0 Å². The Labute approximate surface area is 70.7 Å². The lowest BCUT2D eigenvalue weighted by atomic mass is 11.7. The molecule has 0 amide bonds. The molecule has 0 bridgehead atoms. The van der Waals surface area contributed by atoms with E-state index in [1.165, 1.54) is 0 Å². The summed E-state index contributed by atoms with van der Waals surface area (Å²) < 4.78 is 10.9. The van der Waals surface area contributed by atoms with E-state index in [0.29, 0.717) is 0 Å². The van der Waals surface area contributed by atoms with Gasteiger partial charge in [-0.15, -0.1) is 0 Å². The molecule has 0 aromatic rings. The fourth-order valence-corrected chi connectivity index (χ4v) is 6.65. The van der Waals surface area contributed by atoms with Crippen LogP contribution in [0.4, 0.5) is 0 Å². The lowest BCUT2D eigenvalue weighted by molar-refractivity contribution is 0.284. The zero-order valence-corrected chi connectivity index (χ0v) is 9.97. The molecule has 0 aromatic carbocycles. The van der Waals surface area contributed by atoms with Crippen molar-refractivity contribution >= 4 is 16.9 Å². The number of aliphatic hydroxyl groups excluding tert-OH is 1. The minimum Gasteiger partial charge on any atom is -0.434 e. The SMILES string of the molecule is CO[Si](C)(C)O[Si](C)(C)CO. The summed E-state index contributed by atoms with van der Waals surface area (Å²) in [6.45, 7) is 7.94. The predicted molar refractivity (Wildman–Crippen MR) is 50.1 cm³/mol. The van der Waals surface area contributed by atoms with Crippen molar-refractivity contribution in [2.45, 2.75) is 26.2 Å². The first-order chi connectivity index (χ1) is 4.83. The predicted octanol–water partition coefficient (Wildman–Crippen LogP) is 1.09. The van der Waals surface area contributed by atoms with Gasteiger partial charge in [0.2, 0.25) is 8.32 Å². The van der Waals surface area contributed by atoms with Crippen molar-refractivity contribution in [3.05, 3.63) is 0 Å². The van der Waals surface area contributed by atoms with Gasteiger partial charge in [-0.05, 0) is 26.2 Å². The van der Waals surface area contributed by atoms with Crippen molar-refractivity contribution in [2.75, 3.05) is 13.3 Å². The van der Waals surface area contributed by atoms with Gasteiger partial charge >= 0.3 is 8.56 Å². The Balaban J connectivity index is 4.02. The zero-order chi connectivity index (χ0) is 9.12. The number of aliphatic hydroxyl groups is 1. The van der Waals surface area contributed by atoms with Crippen LogP contribution in [0.15, 0.2) is 0 Å². The molecule has 0 saturated carbocycles. The molecular formula is C6H18O3Si2. The van der Waals surface area contributed by atoms with Crippen LogP contribution in [0.1, 0.15) is 0 Å². The molecule has 1 N–H and O–H groups in total. The number of hydrogen-bond donors (Lipinski definition) is 1. The van der Waals surface area contributed by atoms with E-state index in [1.807, 2.05) is 26.2 Å². The van der Waals surface area contributed by atoms with Gasteiger partial charge in [0.25, 0.3) is 0 Å². The quantitative estimate of drug-likeness (QED) is 0.681. The topological polar surface area (TPSA) is 38.7 Å². The molecule has 0 spiro atoms. The normalized spacial score (nSPS) is 13.6. The second-order valence-corrected chi connectivity index (χ2v) is 11.5. The summed E-state index contributed by atoms with van der Waals surface area (Å²) in [7, 11) is -2.11. The van der Waals surface area contributed by atoms with E-state index in [2.05, 4.69) is 0 Å². The minimum atomic E-state index is -1.93. The molecule has 3 nitrogen and oxygen atoms in total. The van der Waals surface area contributed by atoms with E-state index in [-0.39, 0.29) is 6.23 Å². The third kappa shape index (κ3) is 4.70. The Kier molecular flexibility index (Phi) is 3.92. The summed E-state index contributed by atoms with van der Waals surface area (Å²) in [5, 5.41) is 8.96. The summed E-state index contributed by atoms with van der Waals surface area (Å²) in [4.78, 5) is 0. The first-order valence-corrected chi connectivity index (χ1v) is 9.62. The Morgan fingerprint density at radius 3 is 1.91 bits per heavy atom. The maximum Gasteiger partial charge on any atom is 0.321 e. The second kappa shape index (κ2) is 3.82. The standard InChI is InChI=1S/C6H18O3Si2/c1-8-11(4,5)9-10(2,3)6-7/h7H,6H2,1-5H3. The molecule has 0 aliphatic carbocycles. The molecule has 0 atom stereocenters. The maximum absolute atomic E-state index is 8.96. The molecule has 0 aliphatic rings. The lowest BCUT2D eigenvalue weighted by Crippen LogP contribution is -2.48. The maximum atomic E-state index is 8.96.